The molecule has 0 fully saturated rings. The van der Waals surface area contributed by atoms with Gasteiger partial charge in [0.1, 0.15) is 28.7 Å². The number of benzene rings is 6. The normalized spacial score (nSPS) is 11.2. The molecule has 77 heavy (non-hydrogen) atoms. The summed E-state index contributed by atoms with van der Waals surface area (Å²) < 4.78 is 24.0. The van der Waals surface area contributed by atoms with E-state index in [-0.39, 0.29) is 0 Å². The van der Waals surface area contributed by atoms with Gasteiger partial charge in [0.2, 0.25) is 0 Å². The van der Waals surface area contributed by atoms with Gasteiger partial charge in [-0.25, -0.2) is 9.79 Å². The first-order valence-electron chi connectivity index (χ1n) is 28.6. The first-order chi connectivity index (χ1) is 38.0. The van der Waals surface area contributed by atoms with Crippen molar-refractivity contribution in [2.75, 3.05) is 18.5 Å². The Morgan fingerprint density at radius 1 is 0.429 bits per heavy atom. The van der Waals surface area contributed by atoms with Crippen LogP contribution in [0.2, 0.25) is 0 Å². The van der Waals surface area contributed by atoms with Crippen LogP contribution in [0, 0.1) is 11.3 Å². The Bertz CT molecular complexity index is 2910. The lowest BCUT2D eigenvalue weighted by atomic mass is 10.0. The first-order valence-corrected chi connectivity index (χ1v) is 28.6. The summed E-state index contributed by atoms with van der Waals surface area (Å²) in [6, 6.07) is 56.0. The summed E-state index contributed by atoms with van der Waals surface area (Å²) in [5.74, 6) is 3.16. The zero-order valence-electron chi connectivity index (χ0n) is 45.7. The van der Waals surface area contributed by atoms with Gasteiger partial charge in [-0.3, -0.25) is 0 Å². The van der Waals surface area contributed by atoms with Crippen molar-refractivity contribution in [2.24, 2.45) is 4.99 Å². The highest BCUT2D eigenvalue weighted by molar-refractivity contribution is 5.91. The molecule has 0 radical (unpaired) electrons. The van der Waals surface area contributed by atoms with Crippen LogP contribution < -0.4 is 29.6 Å². The summed E-state index contributed by atoms with van der Waals surface area (Å²) in [7, 11) is 0. The van der Waals surface area contributed by atoms with Crippen LogP contribution in [0.5, 0.6) is 28.7 Å². The number of ether oxygens (including phenoxy) is 4. The van der Waals surface area contributed by atoms with E-state index in [0.717, 1.165) is 71.2 Å². The molecule has 7 aromatic carbocycles. The fourth-order valence-corrected chi connectivity index (χ4v) is 9.20. The highest BCUT2D eigenvalue weighted by Crippen LogP contribution is 2.30. The van der Waals surface area contributed by atoms with Gasteiger partial charge >= 0.3 is 5.97 Å². The number of carbonyl (C=O) groups is 1. The molecular weight excluding hydrogens is 951 g/mol. The van der Waals surface area contributed by atoms with Crippen molar-refractivity contribution in [1.29, 1.82) is 5.26 Å². The largest absolute Gasteiger partial charge is 0.494 e. The Kier molecular flexibility index (Phi) is 24.3. The van der Waals surface area contributed by atoms with Crippen LogP contribution in [0.25, 0.3) is 22.3 Å². The van der Waals surface area contributed by atoms with Gasteiger partial charge in [-0.2, -0.15) is 5.26 Å². The minimum Gasteiger partial charge on any atom is -0.494 e. The van der Waals surface area contributed by atoms with Gasteiger partial charge in [0.05, 0.1) is 47.1 Å². The number of nitrogens with one attached hydrogen (secondary N) is 1. The van der Waals surface area contributed by atoms with Crippen molar-refractivity contribution in [1.82, 2.24) is 0 Å². The third-order valence-electron chi connectivity index (χ3n) is 13.8. The number of anilines is 2. The van der Waals surface area contributed by atoms with Gasteiger partial charge in [-0.15, -0.1) is 0 Å². The molecule has 0 unspecified atom stereocenters. The van der Waals surface area contributed by atoms with Gasteiger partial charge < -0.3 is 24.3 Å². The molecule has 0 aromatic heterocycles. The van der Waals surface area contributed by atoms with Crippen LogP contribution in [-0.4, -0.2) is 19.2 Å². The molecule has 7 rings (SSSR count). The highest BCUT2D eigenvalue weighted by atomic mass is 16.5. The van der Waals surface area contributed by atoms with E-state index < -0.39 is 5.97 Å². The molecule has 1 N–H and O–H groups in total. The minimum absolute atomic E-state index is 0.414. The zero-order chi connectivity index (χ0) is 53.5. The predicted octanol–water partition coefficient (Wildman–Crippen LogP) is 19.5. The molecular formula is C69H79N3O5. The molecule has 0 aliphatic carbocycles. The van der Waals surface area contributed by atoms with E-state index in [4.69, 9.17) is 23.9 Å². The number of hydrogen-bond donors (Lipinski definition) is 1. The molecule has 0 atom stereocenters. The molecule has 7 aromatic rings. The van der Waals surface area contributed by atoms with Crippen LogP contribution in [0.3, 0.4) is 0 Å². The summed E-state index contributed by atoms with van der Waals surface area (Å²) in [5, 5.41) is 13.7. The first kappa shape index (κ1) is 57.1. The Morgan fingerprint density at radius 3 is 1.27 bits per heavy atom. The lowest BCUT2D eigenvalue weighted by Gasteiger charge is -2.10. The second-order valence-corrected chi connectivity index (χ2v) is 20.0. The predicted molar refractivity (Wildman–Crippen MR) is 316 cm³/mol. The number of esters is 1. The highest BCUT2D eigenvalue weighted by Gasteiger charge is 2.11. The Morgan fingerprint density at radius 2 is 0.818 bits per heavy atom. The lowest BCUT2D eigenvalue weighted by Crippen LogP contribution is -2.08. The second-order valence-electron chi connectivity index (χ2n) is 20.0. The van der Waals surface area contributed by atoms with Gasteiger partial charge in [0.25, 0.3) is 0 Å². The average Bonchev–Trinajstić information content (AvgIpc) is 3.66. The van der Waals surface area contributed by atoms with Crippen LogP contribution in [-0.2, 0) is 0 Å². The fraction of sp³-hybridized carbons (Fsp3) is 0.348. The van der Waals surface area contributed by atoms with Crippen LogP contribution in [0.4, 0.5) is 17.1 Å². The summed E-state index contributed by atoms with van der Waals surface area (Å²) in [6.45, 7) is 6.03. The SMILES string of the molecule is CCCCCCCCCCCCOc1ccc(-c2ccc(Oc3ccc(N=c4ccc(C#N)ccc4Nc4ccc(OC(=O)c5ccc(-c6ccc(OCCCCCCCCCCCC)cc6)cc5)cc4)cc3)cc2)cc1. The summed E-state index contributed by atoms with van der Waals surface area (Å²) in [6.07, 6.45) is 26.2. The van der Waals surface area contributed by atoms with Crippen LogP contribution in [0.1, 0.15) is 158 Å². The fourth-order valence-electron chi connectivity index (χ4n) is 9.20. The van der Waals surface area contributed by atoms with E-state index in [2.05, 4.69) is 61.6 Å². The third-order valence-corrected chi connectivity index (χ3v) is 13.8. The maximum atomic E-state index is 13.2. The summed E-state index contributed by atoms with van der Waals surface area (Å²) in [4.78, 5) is 18.1. The van der Waals surface area contributed by atoms with Gasteiger partial charge in [0, 0.05) is 5.69 Å². The van der Waals surface area contributed by atoms with E-state index in [1.54, 1.807) is 36.4 Å². The van der Waals surface area contributed by atoms with E-state index in [1.807, 2.05) is 97.1 Å². The number of nitriles is 1. The molecule has 8 heteroatoms. The quantitative estimate of drug-likeness (QED) is 0.0248. The molecule has 0 heterocycles. The van der Waals surface area contributed by atoms with E-state index in [0.29, 0.717) is 39.4 Å². The molecule has 0 spiro atoms. The number of hydrogen-bond acceptors (Lipinski definition) is 8. The molecule has 400 valence electrons. The smallest absolute Gasteiger partial charge is 0.343 e. The van der Waals surface area contributed by atoms with Gasteiger partial charge in [-0.1, -0.05) is 178 Å². The maximum Gasteiger partial charge on any atom is 0.343 e. The van der Waals surface area contributed by atoms with E-state index >= 15 is 0 Å². The van der Waals surface area contributed by atoms with Crippen LogP contribution in [0.15, 0.2) is 175 Å². The van der Waals surface area contributed by atoms with Gasteiger partial charge in [-0.05, 0) is 156 Å². The standard InChI is InChI=1S/C69H79N3O5/c1-3-5-7-9-11-13-15-17-19-21-51-74-62-39-29-56(30-40-62)55-25-27-59(28-26-55)69(73)77-66-47-37-61(38-48-66)72-68-50-24-54(53-70)23-49-67(68)71-60-35-45-65(46-36-60)76-64-43-33-58(34-44-64)57-31-41-63(42-32-57)75-52-22-20-18-16-14-12-10-8-6-4-2/h23-50H,3-22,51-52H2,1-2H3,(H,71,72). The Labute approximate surface area is 459 Å². The maximum absolute atomic E-state index is 13.2. The minimum atomic E-state index is -0.445. The van der Waals surface area contributed by atoms with Crippen molar-refractivity contribution in [3.8, 4) is 57.1 Å². The molecule has 0 aliphatic rings. The number of rotatable bonds is 33. The molecule has 8 nitrogen and oxygen atoms in total. The average molecular weight is 1030 g/mol. The molecule has 0 bridgehead atoms. The summed E-state index contributed by atoms with van der Waals surface area (Å²) >= 11 is 0. The number of carbonyl (C=O) groups excluding carboxylic acids is 1. The topological polar surface area (TPSA) is 102 Å². The number of unbranched alkanes of at least 4 members (excludes halogenated alkanes) is 18. The third kappa shape index (κ3) is 20.1. The Hall–Kier alpha value is -7.63. The second kappa shape index (κ2) is 32.7. The van der Waals surface area contributed by atoms with Crippen molar-refractivity contribution in [2.45, 2.75) is 142 Å². The molecule has 0 saturated carbocycles. The van der Waals surface area contributed by atoms with Crippen molar-refractivity contribution >= 4 is 23.0 Å². The van der Waals surface area contributed by atoms with Gasteiger partial charge in [0.15, 0.2) is 0 Å². The molecule has 0 amide bonds. The lowest BCUT2D eigenvalue weighted by molar-refractivity contribution is 0.0734. The molecule has 0 aliphatic heterocycles. The van der Waals surface area contributed by atoms with Crippen molar-refractivity contribution in [3.63, 3.8) is 0 Å². The monoisotopic (exact) mass is 1030 g/mol. The van der Waals surface area contributed by atoms with Crippen molar-refractivity contribution in [3.05, 3.63) is 186 Å². The zero-order valence-corrected chi connectivity index (χ0v) is 45.7. The van der Waals surface area contributed by atoms with E-state index in [9.17, 15) is 10.1 Å². The van der Waals surface area contributed by atoms with E-state index in [1.165, 1.54) is 116 Å². The molecule has 0 saturated heterocycles. The Balaban J connectivity index is 0.852. The van der Waals surface area contributed by atoms with Crippen molar-refractivity contribution < 1.29 is 23.7 Å². The number of nitrogens with zero attached hydrogens (tertiary/aromatic N) is 2. The summed E-state index contributed by atoms with van der Waals surface area (Å²) in [5.41, 5.74) is 7.37. The van der Waals surface area contributed by atoms with Crippen LogP contribution >= 0.6 is 0 Å².